The molecule has 96 valence electrons. The second kappa shape index (κ2) is 6.45. The summed E-state index contributed by atoms with van der Waals surface area (Å²) in [6.45, 7) is 3.37. The van der Waals surface area contributed by atoms with Crippen LogP contribution in [0, 0.1) is 0 Å². The van der Waals surface area contributed by atoms with Crippen molar-refractivity contribution in [2.45, 2.75) is 57.3 Å². The molecule has 0 aliphatic carbocycles. The van der Waals surface area contributed by atoms with Gasteiger partial charge in [-0.3, -0.25) is 0 Å². The van der Waals surface area contributed by atoms with Crippen molar-refractivity contribution in [2.24, 2.45) is 0 Å². The minimum absolute atomic E-state index is 0.0743. The van der Waals surface area contributed by atoms with Crippen LogP contribution in [0.3, 0.4) is 0 Å². The van der Waals surface area contributed by atoms with Crippen LogP contribution in [-0.4, -0.2) is 31.5 Å². The highest BCUT2D eigenvalue weighted by molar-refractivity contribution is 4.75. The zero-order valence-electron chi connectivity index (χ0n) is 9.65. The second-order valence-electron chi connectivity index (χ2n) is 4.28. The van der Waals surface area contributed by atoms with Crippen LogP contribution in [0.15, 0.2) is 0 Å². The third kappa shape index (κ3) is 5.70. The maximum absolute atomic E-state index is 12.1. The fraction of sp³-hybridized carbons (Fsp3) is 1.00. The van der Waals surface area contributed by atoms with Crippen LogP contribution in [0.4, 0.5) is 13.2 Å². The van der Waals surface area contributed by atoms with E-state index in [1.807, 2.05) is 6.92 Å². The molecule has 1 aliphatic heterocycles. The zero-order chi connectivity index (χ0) is 12.0. The summed E-state index contributed by atoms with van der Waals surface area (Å²) in [6, 6.07) is -0.0743. The number of rotatable bonds is 6. The molecule has 0 radical (unpaired) electrons. The predicted molar refractivity (Wildman–Crippen MR) is 56.3 cm³/mol. The van der Waals surface area contributed by atoms with Crippen molar-refractivity contribution in [3.63, 3.8) is 0 Å². The molecule has 2 nitrogen and oxygen atoms in total. The van der Waals surface area contributed by atoms with E-state index in [0.29, 0.717) is 13.0 Å². The van der Waals surface area contributed by atoms with Crippen molar-refractivity contribution in [3.8, 4) is 0 Å². The van der Waals surface area contributed by atoms with Crippen LogP contribution in [0.2, 0.25) is 0 Å². The molecule has 1 aliphatic rings. The summed E-state index contributed by atoms with van der Waals surface area (Å²) in [6.07, 6.45) is -1.75. The SMILES string of the molecule is CCNC(CCC(F)(F)F)CC1CCCO1. The van der Waals surface area contributed by atoms with Crippen molar-refractivity contribution in [3.05, 3.63) is 0 Å². The molecule has 1 heterocycles. The van der Waals surface area contributed by atoms with Crippen molar-refractivity contribution in [2.75, 3.05) is 13.2 Å². The van der Waals surface area contributed by atoms with Gasteiger partial charge >= 0.3 is 6.18 Å². The van der Waals surface area contributed by atoms with Gasteiger partial charge in [0.05, 0.1) is 6.10 Å². The van der Waals surface area contributed by atoms with Gasteiger partial charge in [0, 0.05) is 19.1 Å². The van der Waals surface area contributed by atoms with E-state index in [1.165, 1.54) is 0 Å². The molecule has 0 spiro atoms. The molecule has 2 atom stereocenters. The van der Waals surface area contributed by atoms with Crippen LogP contribution in [0.1, 0.15) is 39.0 Å². The minimum Gasteiger partial charge on any atom is -0.378 e. The fourth-order valence-corrected chi connectivity index (χ4v) is 2.08. The summed E-state index contributed by atoms with van der Waals surface area (Å²) < 4.78 is 41.8. The average Bonchev–Trinajstić information content (AvgIpc) is 2.66. The fourth-order valence-electron chi connectivity index (χ4n) is 2.08. The van der Waals surface area contributed by atoms with Gasteiger partial charge in [-0.1, -0.05) is 6.92 Å². The maximum Gasteiger partial charge on any atom is 0.389 e. The maximum atomic E-state index is 12.1. The third-order valence-electron chi connectivity index (χ3n) is 2.84. The molecule has 0 aromatic rings. The van der Waals surface area contributed by atoms with Gasteiger partial charge in [0.1, 0.15) is 0 Å². The summed E-state index contributed by atoms with van der Waals surface area (Å²) in [5.74, 6) is 0. The van der Waals surface area contributed by atoms with E-state index in [2.05, 4.69) is 5.32 Å². The smallest absolute Gasteiger partial charge is 0.378 e. The highest BCUT2D eigenvalue weighted by Crippen LogP contribution is 2.25. The van der Waals surface area contributed by atoms with Crippen molar-refractivity contribution in [1.29, 1.82) is 0 Å². The van der Waals surface area contributed by atoms with E-state index in [4.69, 9.17) is 4.74 Å². The van der Waals surface area contributed by atoms with Crippen molar-refractivity contribution in [1.82, 2.24) is 5.32 Å². The van der Waals surface area contributed by atoms with Crippen LogP contribution < -0.4 is 5.32 Å². The number of hydrogen-bond acceptors (Lipinski definition) is 2. The van der Waals surface area contributed by atoms with Crippen molar-refractivity contribution >= 4 is 0 Å². The molecule has 1 N–H and O–H groups in total. The molecule has 16 heavy (non-hydrogen) atoms. The first-order valence-corrected chi connectivity index (χ1v) is 5.93. The van der Waals surface area contributed by atoms with E-state index < -0.39 is 12.6 Å². The highest BCUT2D eigenvalue weighted by Gasteiger charge is 2.29. The number of nitrogens with one attached hydrogen (secondary N) is 1. The predicted octanol–water partition coefficient (Wildman–Crippen LogP) is 2.88. The first-order chi connectivity index (χ1) is 7.51. The first-order valence-electron chi connectivity index (χ1n) is 5.93. The summed E-state index contributed by atoms with van der Waals surface area (Å²) in [4.78, 5) is 0. The summed E-state index contributed by atoms with van der Waals surface area (Å²) >= 11 is 0. The Morgan fingerprint density at radius 3 is 2.69 bits per heavy atom. The van der Waals surface area contributed by atoms with Gasteiger partial charge in [-0.15, -0.1) is 0 Å². The Balaban J connectivity index is 2.28. The Kier molecular flexibility index (Phi) is 5.55. The lowest BCUT2D eigenvalue weighted by Gasteiger charge is -2.21. The molecule has 2 unspecified atom stereocenters. The van der Waals surface area contributed by atoms with Crippen LogP contribution in [0.5, 0.6) is 0 Å². The first kappa shape index (κ1) is 13.8. The Morgan fingerprint density at radius 1 is 1.44 bits per heavy atom. The molecular weight excluding hydrogens is 219 g/mol. The number of ether oxygens (including phenoxy) is 1. The van der Waals surface area contributed by atoms with Gasteiger partial charge in [-0.25, -0.2) is 0 Å². The van der Waals surface area contributed by atoms with Gasteiger partial charge in [0.2, 0.25) is 0 Å². The number of hydrogen-bond donors (Lipinski definition) is 1. The van der Waals surface area contributed by atoms with E-state index >= 15 is 0 Å². The van der Waals surface area contributed by atoms with E-state index in [1.54, 1.807) is 0 Å². The molecular formula is C11H20F3NO. The highest BCUT2D eigenvalue weighted by atomic mass is 19.4. The second-order valence-corrected chi connectivity index (χ2v) is 4.28. The number of alkyl halides is 3. The standard InChI is InChI=1S/C11H20F3NO/c1-2-15-9(5-6-11(12,13)14)8-10-4-3-7-16-10/h9-10,15H,2-8H2,1H3. The molecule has 0 aromatic carbocycles. The van der Waals surface area contributed by atoms with Crippen molar-refractivity contribution < 1.29 is 17.9 Å². The van der Waals surface area contributed by atoms with Crippen LogP contribution in [-0.2, 0) is 4.74 Å². The van der Waals surface area contributed by atoms with Gasteiger partial charge < -0.3 is 10.1 Å². The lowest BCUT2D eigenvalue weighted by atomic mass is 10.0. The molecule has 1 fully saturated rings. The molecule has 5 heteroatoms. The molecule has 0 aromatic heterocycles. The summed E-state index contributed by atoms with van der Waals surface area (Å²) in [7, 11) is 0. The van der Waals surface area contributed by atoms with Gasteiger partial charge in [0.25, 0.3) is 0 Å². The number of halogens is 3. The Morgan fingerprint density at radius 2 is 2.19 bits per heavy atom. The third-order valence-corrected chi connectivity index (χ3v) is 2.84. The molecule has 0 bridgehead atoms. The molecule has 0 amide bonds. The van der Waals surface area contributed by atoms with Crippen LogP contribution in [0.25, 0.3) is 0 Å². The molecule has 1 rings (SSSR count). The average molecular weight is 239 g/mol. The van der Waals surface area contributed by atoms with Gasteiger partial charge in [-0.2, -0.15) is 13.2 Å². The Hall–Kier alpha value is -0.290. The Bertz CT molecular complexity index is 190. The lowest BCUT2D eigenvalue weighted by molar-refractivity contribution is -0.137. The Labute approximate surface area is 94.5 Å². The minimum atomic E-state index is -4.05. The largest absolute Gasteiger partial charge is 0.389 e. The lowest BCUT2D eigenvalue weighted by Crippen LogP contribution is -2.33. The van der Waals surface area contributed by atoms with E-state index in [0.717, 1.165) is 19.4 Å². The quantitative estimate of drug-likeness (QED) is 0.769. The summed E-state index contributed by atoms with van der Waals surface area (Å²) in [5, 5.41) is 3.10. The normalized spacial score (nSPS) is 23.6. The molecule has 0 saturated carbocycles. The van der Waals surface area contributed by atoms with Gasteiger partial charge in [-0.05, 0) is 32.2 Å². The van der Waals surface area contributed by atoms with Gasteiger partial charge in [0.15, 0.2) is 0 Å². The molecule has 1 saturated heterocycles. The van der Waals surface area contributed by atoms with E-state index in [9.17, 15) is 13.2 Å². The topological polar surface area (TPSA) is 21.3 Å². The zero-order valence-corrected chi connectivity index (χ0v) is 9.65. The van der Waals surface area contributed by atoms with E-state index in [-0.39, 0.29) is 18.6 Å². The summed E-state index contributed by atoms with van der Waals surface area (Å²) in [5.41, 5.74) is 0. The monoisotopic (exact) mass is 239 g/mol. The van der Waals surface area contributed by atoms with Crippen LogP contribution >= 0.6 is 0 Å².